The molecule has 1 aliphatic rings. The number of pyridine rings is 1. The van der Waals surface area contributed by atoms with Gasteiger partial charge in [0.05, 0.1) is 12.1 Å². The molecular weight excluding hydrogens is 521 g/mol. The highest BCUT2D eigenvalue weighted by Gasteiger charge is 2.40. The van der Waals surface area contributed by atoms with E-state index in [-0.39, 0.29) is 36.6 Å². The van der Waals surface area contributed by atoms with Crippen LogP contribution < -0.4 is 16.8 Å². The second-order valence-corrected chi connectivity index (χ2v) is 9.52. The minimum Gasteiger partial charge on any atom is -0.384 e. The highest BCUT2D eigenvalue weighted by Crippen LogP contribution is 2.32. The molecule has 194 valence electrons. The largest absolute Gasteiger partial charge is 0.384 e. The van der Waals surface area contributed by atoms with Crippen LogP contribution >= 0.6 is 36.4 Å². The molecule has 1 aromatic heterocycles. The average molecular weight is 553 g/mol. The lowest BCUT2D eigenvalue weighted by Crippen LogP contribution is -2.51. The standard InChI is InChI=1S/C26H30ClN5O2.2ClH/c1-15-19(7-8-24(28)31-15)13-30-26(34)16(2)32-14-17(10-23(32)25(29)33)9-20-12-21(27)11-18-5-3-4-6-22(18)20;;/h3-8,11-12,16-17,23H,9-10,13-14H2,1-2H3,(H2,28,31)(H2,29,33)(H,30,34);2*1H/t16-,17?,23?;;/m0../s1. The number of hydrogen-bond donors (Lipinski definition) is 3. The number of aryl methyl sites for hydroxylation is 1. The molecule has 0 aliphatic carbocycles. The van der Waals surface area contributed by atoms with Crippen LogP contribution in [0.25, 0.3) is 10.8 Å². The van der Waals surface area contributed by atoms with E-state index in [9.17, 15) is 9.59 Å². The van der Waals surface area contributed by atoms with Crippen LogP contribution in [-0.4, -0.2) is 40.3 Å². The van der Waals surface area contributed by atoms with E-state index in [1.165, 1.54) is 0 Å². The second kappa shape index (κ2) is 12.6. The average Bonchev–Trinajstić information content (AvgIpc) is 3.22. The Kier molecular flexibility index (Phi) is 10.4. The van der Waals surface area contributed by atoms with Crippen LogP contribution in [0, 0.1) is 12.8 Å². The van der Waals surface area contributed by atoms with Crippen LogP contribution in [0.2, 0.25) is 5.02 Å². The molecule has 10 heteroatoms. The van der Waals surface area contributed by atoms with Crippen LogP contribution in [0.4, 0.5) is 5.82 Å². The molecule has 3 aromatic rings. The summed E-state index contributed by atoms with van der Waals surface area (Å²) in [6, 6.07) is 14.7. The van der Waals surface area contributed by atoms with Gasteiger partial charge in [-0.3, -0.25) is 14.5 Å². The van der Waals surface area contributed by atoms with Crippen molar-refractivity contribution >= 4 is 64.8 Å². The number of aromatic nitrogens is 1. The summed E-state index contributed by atoms with van der Waals surface area (Å²) < 4.78 is 0. The number of nitrogens with two attached hydrogens (primary N) is 2. The van der Waals surface area contributed by atoms with Crippen molar-refractivity contribution in [3.8, 4) is 0 Å². The quantitative estimate of drug-likeness (QED) is 0.409. The summed E-state index contributed by atoms with van der Waals surface area (Å²) in [5.74, 6) is 0.0620. The number of likely N-dealkylation sites (tertiary alicyclic amines) is 1. The number of nitrogens with zero attached hydrogens (tertiary/aromatic N) is 2. The number of nitrogens with one attached hydrogen (secondary N) is 1. The SMILES string of the molecule is Cc1nc(N)ccc1CNC(=O)[C@H](C)N1CC(Cc2cc(Cl)cc3ccccc23)CC1C(N)=O.Cl.Cl. The predicted molar refractivity (Wildman–Crippen MR) is 150 cm³/mol. The van der Waals surface area contributed by atoms with Gasteiger partial charge in [0.2, 0.25) is 11.8 Å². The summed E-state index contributed by atoms with van der Waals surface area (Å²) in [5.41, 5.74) is 14.3. The van der Waals surface area contributed by atoms with Gasteiger partial charge in [-0.2, -0.15) is 0 Å². The lowest BCUT2D eigenvalue weighted by Gasteiger charge is -2.28. The molecule has 3 atom stereocenters. The summed E-state index contributed by atoms with van der Waals surface area (Å²) in [6.07, 6.45) is 1.36. The summed E-state index contributed by atoms with van der Waals surface area (Å²) in [4.78, 5) is 31.4. The number of amides is 2. The first kappa shape index (κ1) is 29.6. The molecule has 7 nitrogen and oxygen atoms in total. The van der Waals surface area contributed by atoms with E-state index in [1.54, 1.807) is 6.07 Å². The smallest absolute Gasteiger partial charge is 0.237 e. The number of primary amides is 1. The summed E-state index contributed by atoms with van der Waals surface area (Å²) in [6.45, 7) is 4.62. The van der Waals surface area contributed by atoms with Crippen LogP contribution in [0.15, 0.2) is 48.5 Å². The zero-order valence-corrected chi connectivity index (χ0v) is 22.6. The van der Waals surface area contributed by atoms with Gasteiger partial charge >= 0.3 is 0 Å². The first-order valence-electron chi connectivity index (χ1n) is 11.4. The van der Waals surface area contributed by atoms with Crippen LogP contribution in [0.5, 0.6) is 0 Å². The van der Waals surface area contributed by atoms with Crippen LogP contribution in [-0.2, 0) is 22.6 Å². The Morgan fingerprint density at radius 3 is 2.58 bits per heavy atom. The molecule has 36 heavy (non-hydrogen) atoms. The van der Waals surface area contributed by atoms with Gasteiger partial charge in [0, 0.05) is 23.8 Å². The molecule has 2 amide bonds. The Morgan fingerprint density at radius 1 is 1.17 bits per heavy atom. The van der Waals surface area contributed by atoms with Gasteiger partial charge in [0.25, 0.3) is 0 Å². The molecular formula is C26H32Cl3N5O2. The van der Waals surface area contributed by atoms with Crippen molar-refractivity contribution in [2.75, 3.05) is 12.3 Å². The van der Waals surface area contributed by atoms with E-state index < -0.39 is 18.0 Å². The third kappa shape index (κ3) is 6.59. The Morgan fingerprint density at radius 2 is 1.89 bits per heavy atom. The van der Waals surface area contributed by atoms with E-state index in [2.05, 4.69) is 16.4 Å². The van der Waals surface area contributed by atoms with Gasteiger partial charge < -0.3 is 16.8 Å². The lowest BCUT2D eigenvalue weighted by atomic mass is 9.93. The molecule has 1 saturated heterocycles. The van der Waals surface area contributed by atoms with Crippen molar-refractivity contribution in [1.29, 1.82) is 0 Å². The molecule has 0 saturated carbocycles. The molecule has 0 spiro atoms. The van der Waals surface area contributed by atoms with Crippen LogP contribution in [0.1, 0.15) is 30.2 Å². The van der Waals surface area contributed by atoms with E-state index in [4.69, 9.17) is 23.1 Å². The highest BCUT2D eigenvalue weighted by molar-refractivity contribution is 6.31. The highest BCUT2D eigenvalue weighted by atomic mass is 35.5. The number of halogens is 3. The number of benzene rings is 2. The zero-order chi connectivity index (χ0) is 24.4. The van der Waals surface area contributed by atoms with E-state index >= 15 is 0 Å². The number of hydrogen-bond acceptors (Lipinski definition) is 5. The first-order valence-corrected chi connectivity index (χ1v) is 11.8. The number of rotatable bonds is 7. The summed E-state index contributed by atoms with van der Waals surface area (Å²) in [5, 5.41) is 5.89. The Labute approximate surface area is 228 Å². The van der Waals surface area contributed by atoms with Crippen molar-refractivity contribution in [3.63, 3.8) is 0 Å². The minimum absolute atomic E-state index is 0. The molecule has 5 N–H and O–H groups in total. The fourth-order valence-electron chi connectivity index (χ4n) is 4.91. The maximum atomic E-state index is 13.0. The fourth-order valence-corrected chi connectivity index (χ4v) is 5.16. The van der Waals surface area contributed by atoms with E-state index in [0.717, 1.165) is 34.0 Å². The third-order valence-corrected chi connectivity index (χ3v) is 6.94. The third-order valence-electron chi connectivity index (χ3n) is 6.72. The number of anilines is 1. The normalized spacial score (nSPS) is 18.2. The Balaban J connectivity index is 0.00000228. The molecule has 1 aliphatic heterocycles. The molecule has 2 unspecified atom stereocenters. The maximum Gasteiger partial charge on any atom is 0.237 e. The molecule has 0 bridgehead atoms. The van der Waals surface area contributed by atoms with Crippen molar-refractivity contribution in [2.24, 2.45) is 11.7 Å². The number of carbonyl (C=O) groups excluding carboxylic acids is 2. The van der Waals surface area contributed by atoms with Gasteiger partial charge in [0.15, 0.2) is 0 Å². The van der Waals surface area contributed by atoms with Gasteiger partial charge in [-0.05, 0) is 72.7 Å². The topological polar surface area (TPSA) is 114 Å². The lowest BCUT2D eigenvalue weighted by molar-refractivity contribution is -0.129. The van der Waals surface area contributed by atoms with Gasteiger partial charge in [-0.1, -0.05) is 41.9 Å². The summed E-state index contributed by atoms with van der Waals surface area (Å²) >= 11 is 6.37. The van der Waals surface area contributed by atoms with Gasteiger partial charge in [0.1, 0.15) is 5.82 Å². The van der Waals surface area contributed by atoms with Gasteiger partial charge in [-0.25, -0.2) is 4.98 Å². The van der Waals surface area contributed by atoms with E-state index in [1.807, 2.05) is 55.1 Å². The molecule has 4 rings (SSSR count). The van der Waals surface area contributed by atoms with Gasteiger partial charge in [-0.15, -0.1) is 24.8 Å². The van der Waals surface area contributed by atoms with Crippen LogP contribution in [0.3, 0.4) is 0 Å². The Bertz CT molecular complexity index is 1240. The fraction of sp³-hybridized carbons (Fsp3) is 0.346. The number of fused-ring (bicyclic) bond motifs is 1. The second-order valence-electron chi connectivity index (χ2n) is 9.08. The maximum absolute atomic E-state index is 13.0. The zero-order valence-electron chi connectivity index (χ0n) is 20.2. The van der Waals surface area contributed by atoms with Crippen molar-refractivity contribution < 1.29 is 9.59 Å². The molecule has 0 radical (unpaired) electrons. The number of nitrogen functional groups attached to an aromatic ring is 1. The Hall–Kier alpha value is -2.58. The predicted octanol–water partition coefficient (Wildman–Crippen LogP) is 4.05. The number of carbonyl (C=O) groups is 2. The molecule has 2 heterocycles. The monoisotopic (exact) mass is 551 g/mol. The molecule has 2 aromatic carbocycles. The molecule has 1 fully saturated rings. The minimum atomic E-state index is -0.499. The van der Waals surface area contributed by atoms with Crippen molar-refractivity contribution in [3.05, 3.63) is 70.4 Å². The van der Waals surface area contributed by atoms with Crippen molar-refractivity contribution in [1.82, 2.24) is 15.2 Å². The van der Waals surface area contributed by atoms with E-state index in [0.29, 0.717) is 30.4 Å². The first-order chi connectivity index (χ1) is 16.2. The van der Waals surface area contributed by atoms with Crippen molar-refractivity contribution in [2.45, 2.75) is 45.3 Å². The summed E-state index contributed by atoms with van der Waals surface area (Å²) in [7, 11) is 0.